The number of halogens is 3. The lowest BCUT2D eigenvalue weighted by molar-refractivity contribution is -0.0888. The third kappa shape index (κ3) is 5.07. The van der Waals surface area contributed by atoms with Gasteiger partial charge < -0.3 is 9.47 Å². The molecule has 1 fully saturated rings. The molecule has 0 saturated heterocycles. The lowest BCUT2D eigenvalue weighted by Gasteiger charge is -2.34. The number of para-hydroxylation sites is 1. The zero-order valence-electron chi connectivity index (χ0n) is 20.2. The number of methoxy groups -OCH3 is 2. The van der Waals surface area contributed by atoms with E-state index in [1.165, 1.54) is 33.5 Å². The van der Waals surface area contributed by atoms with E-state index in [1.807, 2.05) is 13.0 Å². The fourth-order valence-electron chi connectivity index (χ4n) is 4.33. The summed E-state index contributed by atoms with van der Waals surface area (Å²) in [6, 6.07) is 5.31. The van der Waals surface area contributed by atoms with Crippen molar-refractivity contribution in [3.05, 3.63) is 58.7 Å². The Hall–Kier alpha value is -2.70. The average molecular weight is 542 g/mol. The van der Waals surface area contributed by atoms with Crippen molar-refractivity contribution in [2.75, 3.05) is 14.2 Å². The molecule has 1 aromatic carbocycles. The van der Waals surface area contributed by atoms with Gasteiger partial charge in [-0.25, -0.2) is 27.2 Å². The summed E-state index contributed by atoms with van der Waals surface area (Å²) >= 11 is 5.85. The highest BCUT2D eigenvalue weighted by Gasteiger charge is 2.48. The van der Waals surface area contributed by atoms with E-state index in [2.05, 4.69) is 20.2 Å². The van der Waals surface area contributed by atoms with Gasteiger partial charge in [0, 0.05) is 38.3 Å². The number of hydrogen-bond acceptors (Lipinski definition) is 8. The van der Waals surface area contributed by atoms with Crippen LogP contribution in [0.3, 0.4) is 0 Å². The molecule has 1 saturated carbocycles. The van der Waals surface area contributed by atoms with Crippen LogP contribution in [-0.2, 0) is 20.3 Å². The minimum absolute atomic E-state index is 0.0894. The number of hydrogen-bond donors (Lipinski definition) is 0. The maximum Gasteiger partial charge on any atom is 0.249 e. The molecule has 4 rings (SSSR count). The highest BCUT2D eigenvalue weighted by molar-refractivity contribution is 7.91. The van der Waals surface area contributed by atoms with Crippen LogP contribution in [0.1, 0.15) is 54.8 Å². The molecule has 9 nitrogen and oxygen atoms in total. The monoisotopic (exact) mass is 541 g/mol. The summed E-state index contributed by atoms with van der Waals surface area (Å²) in [6.45, 7) is 3.31. The molecular weight excluding hydrogens is 516 g/mol. The second-order valence-electron chi connectivity index (χ2n) is 8.82. The molecule has 0 spiro atoms. The molecule has 2 aromatic heterocycles. The molecule has 0 N–H and O–H groups in total. The Bertz CT molecular complexity index is 1340. The number of nitrogens with zero attached hydrogens (tertiary/aromatic N) is 5. The molecule has 0 unspecified atom stereocenters. The van der Waals surface area contributed by atoms with Gasteiger partial charge in [0.05, 0.1) is 23.1 Å². The van der Waals surface area contributed by atoms with Crippen molar-refractivity contribution >= 4 is 21.4 Å². The molecule has 0 amide bonds. The average Bonchev–Trinajstić information content (AvgIpc) is 3.20. The highest BCUT2D eigenvalue weighted by Crippen LogP contribution is 2.48. The third-order valence-electron chi connectivity index (χ3n) is 6.33. The molecule has 0 bridgehead atoms. The van der Waals surface area contributed by atoms with Crippen molar-refractivity contribution in [1.29, 1.82) is 0 Å². The maximum absolute atomic E-state index is 13.7. The molecule has 0 radical (unpaired) electrons. The summed E-state index contributed by atoms with van der Waals surface area (Å²) in [5.41, 5.74) is 1.26. The van der Waals surface area contributed by atoms with Crippen LogP contribution >= 0.6 is 11.6 Å². The molecule has 3 aromatic rings. The van der Waals surface area contributed by atoms with Gasteiger partial charge in [-0.05, 0) is 25.5 Å². The molecule has 1 aliphatic rings. The molecule has 2 heterocycles. The lowest BCUT2D eigenvalue weighted by atomic mass is 9.80. The zero-order valence-corrected chi connectivity index (χ0v) is 21.7. The van der Waals surface area contributed by atoms with Crippen LogP contribution in [0.5, 0.6) is 5.75 Å². The molecule has 1 aliphatic carbocycles. The predicted molar refractivity (Wildman–Crippen MR) is 128 cm³/mol. The van der Waals surface area contributed by atoms with Crippen LogP contribution in [-0.4, -0.2) is 58.5 Å². The van der Waals surface area contributed by atoms with Crippen molar-refractivity contribution in [1.82, 2.24) is 24.7 Å². The van der Waals surface area contributed by atoms with E-state index < -0.39 is 38.8 Å². The van der Waals surface area contributed by atoms with Gasteiger partial charge >= 0.3 is 0 Å². The number of sulfone groups is 1. The summed E-state index contributed by atoms with van der Waals surface area (Å²) in [6.07, 6.45) is 0.972. The molecular formula is C23H26ClF2N5O4S. The largest absolute Gasteiger partial charge is 0.495 e. The van der Waals surface area contributed by atoms with Crippen molar-refractivity contribution in [3.63, 3.8) is 0 Å². The molecule has 36 heavy (non-hydrogen) atoms. The summed E-state index contributed by atoms with van der Waals surface area (Å²) in [5.74, 6) is -2.91. The number of benzene rings is 1. The van der Waals surface area contributed by atoms with Crippen molar-refractivity contribution in [3.8, 4) is 11.4 Å². The Kier molecular flexibility index (Phi) is 7.31. The number of rotatable bonds is 9. The van der Waals surface area contributed by atoms with Crippen molar-refractivity contribution in [2.24, 2.45) is 0 Å². The van der Waals surface area contributed by atoms with Gasteiger partial charge in [0.15, 0.2) is 21.5 Å². The predicted octanol–water partition coefficient (Wildman–Crippen LogP) is 4.23. The number of alkyl halides is 2. The van der Waals surface area contributed by atoms with Crippen LogP contribution in [0.25, 0.3) is 5.69 Å². The van der Waals surface area contributed by atoms with Crippen LogP contribution < -0.4 is 4.74 Å². The third-order valence-corrected chi connectivity index (χ3v) is 8.56. The first-order chi connectivity index (χ1) is 17.0. The summed E-state index contributed by atoms with van der Waals surface area (Å²) < 4.78 is 67.0. The second kappa shape index (κ2) is 9.98. The zero-order chi connectivity index (χ0) is 26.3. The minimum atomic E-state index is -3.92. The Morgan fingerprint density at radius 3 is 2.44 bits per heavy atom. The van der Waals surface area contributed by atoms with Gasteiger partial charge in [-0.1, -0.05) is 23.7 Å². The van der Waals surface area contributed by atoms with E-state index in [0.29, 0.717) is 16.5 Å². The fourth-order valence-corrected chi connectivity index (χ4v) is 5.85. The Morgan fingerprint density at radius 1 is 1.19 bits per heavy atom. The van der Waals surface area contributed by atoms with Gasteiger partial charge in [-0.2, -0.15) is 0 Å². The second-order valence-corrected chi connectivity index (χ2v) is 11.6. The molecule has 0 aliphatic heterocycles. The minimum Gasteiger partial charge on any atom is -0.495 e. The smallest absolute Gasteiger partial charge is 0.249 e. The number of aryl methyl sites for hydroxylation is 1. The van der Waals surface area contributed by atoms with E-state index in [0.717, 1.165) is 5.56 Å². The molecule has 13 heteroatoms. The first-order valence-electron chi connectivity index (χ1n) is 11.1. The summed E-state index contributed by atoms with van der Waals surface area (Å²) in [4.78, 5) is 8.19. The summed E-state index contributed by atoms with van der Waals surface area (Å²) in [7, 11) is -1.07. The highest BCUT2D eigenvalue weighted by atomic mass is 35.5. The van der Waals surface area contributed by atoms with E-state index in [1.54, 1.807) is 16.7 Å². The Labute approximate surface area is 212 Å². The first-order valence-corrected chi connectivity index (χ1v) is 13.2. The van der Waals surface area contributed by atoms with Crippen LogP contribution in [0.15, 0.2) is 30.6 Å². The Balaban J connectivity index is 1.75. The maximum atomic E-state index is 13.7. The fraction of sp³-hybridized carbons (Fsp3) is 0.478. The number of aromatic nitrogens is 5. The van der Waals surface area contributed by atoms with E-state index in [9.17, 15) is 17.2 Å². The van der Waals surface area contributed by atoms with Gasteiger partial charge in [0.1, 0.15) is 23.4 Å². The SMILES string of the molecule is COc1cccc(C)c1-n1c(CS(=O)(=O)[C@@H](C)[C@H](OC)c2ncc(Cl)cn2)nnc1C1CC(F)(F)C1. The van der Waals surface area contributed by atoms with Crippen LogP contribution in [0.4, 0.5) is 8.78 Å². The Morgan fingerprint density at radius 2 is 1.86 bits per heavy atom. The first kappa shape index (κ1) is 26.4. The molecule has 194 valence electrons. The molecule has 2 atom stereocenters. The van der Waals surface area contributed by atoms with Gasteiger partial charge in [-0.3, -0.25) is 4.57 Å². The van der Waals surface area contributed by atoms with Gasteiger partial charge in [0.25, 0.3) is 0 Å². The van der Waals surface area contributed by atoms with Gasteiger partial charge in [0.2, 0.25) is 5.92 Å². The number of ether oxygens (including phenoxy) is 2. The van der Waals surface area contributed by atoms with Crippen molar-refractivity contribution < 1.29 is 26.7 Å². The van der Waals surface area contributed by atoms with Gasteiger partial charge in [-0.15, -0.1) is 10.2 Å². The quantitative estimate of drug-likeness (QED) is 0.396. The van der Waals surface area contributed by atoms with E-state index >= 15 is 0 Å². The van der Waals surface area contributed by atoms with E-state index in [4.69, 9.17) is 21.1 Å². The van der Waals surface area contributed by atoms with E-state index in [-0.39, 0.29) is 30.3 Å². The van der Waals surface area contributed by atoms with Crippen LogP contribution in [0, 0.1) is 6.92 Å². The summed E-state index contributed by atoms with van der Waals surface area (Å²) in [5, 5.41) is 7.54. The normalized spacial score (nSPS) is 17.4. The topological polar surface area (TPSA) is 109 Å². The standard InChI is InChI=1S/C23H26ClF2N5O4S/c1-13-6-5-7-17(34-3)19(13)31-18(29-30-22(31)15-8-23(25,26)9-15)12-36(32,33)14(2)20(35-4)21-27-10-16(24)11-28-21/h5-7,10-11,14-15,20H,8-9,12H2,1-4H3/t14-,20-/m0/s1. The van der Waals surface area contributed by atoms with Crippen molar-refractivity contribution in [2.45, 2.75) is 55.6 Å². The lowest BCUT2D eigenvalue weighted by Crippen LogP contribution is -2.35. The van der Waals surface area contributed by atoms with Crippen LogP contribution in [0.2, 0.25) is 5.02 Å².